The fourth-order valence-electron chi connectivity index (χ4n) is 10.2. The van der Waals surface area contributed by atoms with E-state index < -0.39 is 0 Å². The predicted octanol–water partition coefficient (Wildman–Crippen LogP) is 9.63. The maximum atomic E-state index is 2.70. The van der Waals surface area contributed by atoms with Crippen LogP contribution in [-0.4, -0.2) is 0 Å². The summed E-state index contributed by atoms with van der Waals surface area (Å²) in [6.07, 6.45) is 19.9. The van der Waals surface area contributed by atoms with Gasteiger partial charge in [-0.2, -0.15) is 0 Å². The van der Waals surface area contributed by atoms with E-state index in [2.05, 4.69) is 41.5 Å². The molecule has 8 unspecified atom stereocenters. The Morgan fingerprint density at radius 2 is 1.35 bits per heavy atom. The molecule has 0 aliphatic heterocycles. The monoisotopic (exact) mass is 428 g/mol. The number of fused-ring (bicyclic) bond motifs is 2. The summed E-state index contributed by atoms with van der Waals surface area (Å²) >= 11 is 0. The molecule has 0 radical (unpaired) electrons. The smallest absolute Gasteiger partial charge is 0.0331 e. The largest absolute Gasteiger partial charge is 0.0651 e. The van der Waals surface area contributed by atoms with Crippen molar-refractivity contribution in [2.24, 2.45) is 71.0 Å². The van der Waals surface area contributed by atoms with E-state index in [1.54, 1.807) is 44.9 Å². The van der Waals surface area contributed by atoms with E-state index in [4.69, 9.17) is 0 Å². The molecule has 0 N–H and O–H groups in total. The lowest BCUT2D eigenvalue weighted by molar-refractivity contribution is -0.0288. The zero-order valence-electron chi connectivity index (χ0n) is 22.1. The molecule has 0 aromatic heterocycles. The number of hydrogen-bond acceptors (Lipinski definition) is 0. The number of hydrogen-bond donors (Lipinski definition) is 0. The molecule has 0 aromatic rings. The van der Waals surface area contributed by atoms with Crippen LogP contribution in [0.1, 0.15) is 125 Å². The van der Waals surface area contributed by atoms with Crippen LogP contribution in [0.15, 0.2) is 0 Å². The van der Waals surface area contributed by atoms with Crippen LogP contribution in [0.3, 0.4) is 0 Å². The van der Waals surface area contributed by atoms with Crippen LogP contribution in [0.4, 0.5) is 0 Å². The van der Waals surface area contributed by atoms with Gasteiger partial charge in [0, 0.05) is 0 Å². The average Bonchev–Trinajstić information content (AvgIpc) is 2.78. The van der Waals surface area contributed by atoms with Gasteiger partial charge in [0.15, 0.2) is 0 Å². The normalized spacial score (nSPS) is 44.2. The highest BCUT2D eigenvalue weighted by molar-refractivity contribution is 4.96. The third-order valence-electron chi connectivity index (χ3n) is 12.0. The first kappa shape index (κ1) is 24.1. The summed E-state index contributed by atoms with van der Waals surface area (Å²) in [7, 11) is 0. The topological polar surface area (TPSA) is 0 Å². The lowest BCUT2D eigenvalue weighted by Crippen LogP contribution is -2.44. The molecule has 0 saturated heterocycles. The summed E-state index contributed by atoms with van der Waals surface area (Å²) in [6.45, 7) is 15.7. The highest BCUT2D eigenvalue weighted by Gasteiger charge is 2.46. The predicted molar refractivity (Wildman–Crippen MR) is 136 cm³/mol. The second-order valence-electron chi connectivity index (χ2n) is 13.5. The summed E-state index contributed by atoms with van der Waals surface area (Å²) in [5, 5.41) is 0. The van der Waals surface area contributed by atoms with Crippen molar-refractivity contribution < 1.29 is 0 Å². The van der Waals surface area contributed by atoms with Gasteiger partial charge in [0.25, 0.3) is 0 Å². The van der Waals surface area contributed by atoms with Gasteiger partial charge in [-0.05, 0) is 110 Å². The molecule has 0 heteroatoms. The minimum Gasteiger partial charge on any atom is -0.0651 e. The molecular formula is C31H56. The summed E-state index contributed by atoms with van der Waals surface area (Å²) in [4.78, 5) is 0. The first-order valence-corrected chi connectivity index (χ1v) is 14.9. The molecule has 0 amide bonds. The molecule has 11 atom stereocenters. The van der Waals surface area contributed by atoms with Crippen molar-refractivity contribution in [1.82, 2.24) is 0 Å². The van der Waals surface area contributed by atoms with Crippen molar-refractivity contribution in [3.63, 3.8) is 0 Å². The van der Waals surface area contributed by atoms with E-state index in [1.165, 1.54) is 38.5 Å². The van der Waals surface area contributed by atoms with Crippen LogP contribution in [0.25, 0.3) is 0 Å². The molecule has 0 nitrogen and oxygen atoms in total. The lowest BCUT2D eigenvalue weighted by Gasteiger charge is -2.52. The van der Waals surface area contributed by atoms with Gasteiger partial charge in [0.2, 0.25) is 0 Å². The van der Waals surface area contributed by atoms with Crippen molar-refractivity contribution in [2.75, 3.05) is 0 Å². The van der Waals surface area contributed by atoms with Gasteiger partial charge in [-0.25, -0.2) is 0 Å². The Morgan fingerprint density at radius 3 is 2.10 bits per heavy atom. The van der Waals surface area contributed by atoms with Gasteiger partial charge in [0.05, 0.1) is 0 Å². The van der Waals surface area contributed by atoms with E-state index in [0.29, 0.717) is 0 Å². The molecule has 0 heterocycles. The van der Waals surface area contributed by atoms with Gasteiger partial charge >= 0.3 is 0 Å². The van der Waals surface area contributed by atoms with Crippen LogP contribution >= 0.6 is 0 Å². The summed E-state index contributed by atoms with van der Waals surface area (Å²) in [5.41, 5.74) is 0. The Kier molecular flexibility index (Phi) is 8.18. The second-order valence-corrected chi connectivity index (χ2v) is 13.5. The first-order chi connectivity index (χ1) is 14.9. The summed E-state index contributed by atoms with van der Waals surface area (Å²) < 4.78 is 0. The van der Waals surface area contributed by atoms with Crippen molar-refractivity contribution >= 4 is 0 Å². The molecule has 0 bridgehead atoms. The van der Waals surface area contributed by atoms with Crippen molar-refractivity contribution in [1.29, 1.82) is 0 Å². The Morgan fingerprint density at radius 1 is 0.677 bits per heavy atom. The van der Waals surface area contributed by atoms with Crippen LogP contribution in [0.5, 0.6) is 0 Å². The first-order valence-electron chi connectivity index (χ1n) is 14.9. The van der Waals surface area contributed by atoms with Crippen LogP contribution < -0.4 is 0 Å². The summed E-state index contributed by atoms with van der Waals surface area (Å²) in [5.74, 6) is 11.9. The fraction of sp³-hybridized carbons (Fsp3) is 1.00. The van der Waals surface area contributed by atoms with Crippen LogP contribution in [0, 0.1) is 71.0 Å². The Labute approximate surface area is 196 Å². The lowest BCUT2D eigenvalue weighted by atomic mass is 9.53. The van der Waals surface area contributed by atoms with E-state index >= 15 is 0 Å². The van der Waals surface area contributed by atoms with Crippen molar-refractivity contribution in [3.05, 3.63) is 0 Å². The molecule has 4 aliphatic rings. The third kappa shape index (κ3) is 4.94. The standard InChI is InChI=1S/C31H56/c1-7-24-15-16-26-17-18-27(23(6)30(26)19-24)21(4)22(5)31(20(2)3)29-14-10-12-25-11-8-9-13-28(25)29/h20-31H,7-19H2,1-6H3/t21?,22?,23-,24?,25+,26?,27?,28?,29-,30?,31?/m0/s1. The molecule has 4 rings (SSSR count). The van der Waals surface area contributed by atoms with Gasteiger partial charge in [0.1, 0.15) is 0 Å². The van der Waals surface area contributed by atoms with E-state index in [-0.39, 0.29) is 0 Å². The van der Waals surface area contributed by atoms with E-state index in [1.807, 2.05) is 0 Å². The minimum atomic E-state index is 0.855. The van der Waals surface area contributed by atoms with Gasteiger partial charge in [-0.1, -0.05) is 86.5 Å². The highest BCUT2D eigenvalue weighted by atomic mass is 14.5. The molecule has 4 saturated carbocycles. The fourth-order valence-corrected chi connectivity index (χ4v) is 10.2. The second kappa shape index (κ2) is 10.5. The zero-order chi connectivity index (χ0) is 22.1. The van der Waals surface area contributed by atoms with Crippen molar-refractivity contribution in [3.8, 4) is 0 Å². The van der Waals surface area contributed by atoms with Gasteiger partial charge in [-0.15, -0.1) is 0 Å². The van der Waals surface area contributed by atoms with Gasteiger partial charge in [-0.3, -0.25) is 0 Å². The molecule has 31 heavy (non-hydrogen) atoms. The highest BCUT2D eigenvalue weighted by Crippen LogP contribution is 2.55. The maximum Gasteiger partial charge on any atom is -0.0331 e. The van der Waals surface area contributed by atoms with Crippen molar-refractivity contribution in [2.45, 2.75) is 125 Å². The van der Waals surface area contributed by atoms with E-state index in [0.717, 1.165) is 71.0 Å². The average molecular weight is 429 g/mol. The Balaban J connectivity index is 1.47. The van der Waals surface area contributed by atoms with Gasteiger partial charge < -0.3 is 0 Å². The van der Waals surface area contributed by atoms with Crippen LogP contribution in [0.2, 0.25) is 0 Å². The zero-order valence-corrected chi connectivity index (χ0v) is 22.1. The molecule has 4 aliphatic carbocycles. The SMILES string of the molecule is CCC1CCC2CCC(C(C)C(C)C(C(C)C)[C@H]3CCC[C@H]4CCCCC43)[C@H](C)C2C1. The third-order valence-corrected chi connectivity index (χ3v) is 12.0. The molecular weight excluding hydrogens is 372 g/mol. The molecule has 0 aromatic carbocycles. The number of rotatable bonds is 6. The van der Waals surface area contributed by atoms with Crippen LogP contribution in [-0.2, 0) is 0 Å². The molecule has 4 fully saturated rings. The summed E-state index contributed by atoms with van der Waals surface area (Å²) in [6, 6.07) is 0. The minimum absolute atomic E-state index is 0.855. The van der Waals surface area contributed by atoms with E-state index in [9.17, 15) is 0 Å². The molecule has 180 valence electrons. The Hall–Kier alpha value is 0. The Bertz CT molecular complexity index is 546. The maximum absolute atomic E-state index is 2.70. The molecule has 0 spiro atoms. The quantitative estimate of drug-likeness (QED) is 0.395.